The zero-order chi connectivity index (χ0) is 20.8. The Kier molecular flexibility index (Phi) is 6.99. The number of rotatable bonds is 8. The number of amides is 1. The highest BCUT2D eigenvalue weighted by atomic mass is 35.5. The van der Waals surface area contributed by atoms with Gasteiger partial charge in [0.15, 0.2) is 5.82 Å². The predicted octanol–water partition coefficient (Wildman–Crippen LogP) is 3.09. The predicted molar refractivity (Wildman–Crippen MR) is 104 cm³/mol. The molecule has 1 saturated heterocycles. The average Bonchev–Trinajstić information content (AvgIpc) is 2.74. The van der Waals surface area contributed by atoms with E-state index >= 15 is 0 Å². The van der Waals surface area contributed by atoms with E-state index in [1.807, 2.05) is 6.07 Å². The molecule has 1 aliphatic heterocycles. The van der Waals surface area contributed by atoms with E-state index in [1.54, 1.807) is 17.0 Å². The van der Waals surface area contributed by atoms with Crippen LogP contribution in [0.25, 0.3) is 0 Å². The number of hydrogen-bond donors (Lipinski definition) is 2. The zero-order valence-electron chi connectivity index (χ0n) is 15.6. The summed E-state index contributed by atoms with van der Waals surface area (Å²) in [7, 11) is 1.52. The summed E-state index contributed by atoms with van der Waals surface area (Å²) in [5.74, 6) is 0.776. The van der Waals surface area contributed by atoms with Crippen molar-refractivity contribution in [2.75, 3.05) is 44.0 Å². The maximum absolute atomic E-state index is 12.4. The minimum Gasteiger partial charge on any atom is -0.495 e. The topological polar surface area (TPSA) is 88.6 Å². The molecule has 8 nitrogen and oxygen atoms in total. The number of carbonyl (C=O) groups excluding carboxylic acids is 1. The molecule has 0 saturated carbocycles. The monoisotopic (exact) mass is 427 g/mol. The second-order valence-corrected chi connectivity index (χ2v) is 6.61. The summed E-state index contributed by atoms with van der Waals surface area (Å²) in [4.78, 5) is 20.9. The number of carbonyl (C=O) groups is 1. The lowest BCUT2D eigenvalue weighted by Gasteiger charge is -2.30. The number of methoxy groups -OCH3 is 1. The summed E-state index contributed by atoms with van der Waals surface area (Å²) in [5.41, 5.74) is 1.43. The molecule has 3 rings (SSSR count). The fourth-order valence-electron chi connectivity index (χ4n) is 2.82. The molecular weight excluding hydrogens is 408 g/mol. The van der Waals surface area contributed by atoms with E-state index in [1.165, 1.54) is 13.3 Å². The van der Waals surface area contributed by atoms with Crippen LogP contribution in [-0.2, 0) is 9.53 Å². The molecule has 11 heteroatoms. The van der Waals surface area contributed by atoms with Gasteiger partial charge in [0.1, 0.15) is 16.9 Å². The number of aromatic nitrogens is 2. The molecule has 1 aliphatic rings. The molecule has 2 aromatic rings. The van der Waals surface area contributed by atoms with Gasteiger partial charge in [-0.2, -0.15) is 4.98 Å². The molecule has 1 aromatic heterocycles. The first-order valence-corrected chi connectivity index (χ1v) is 9.18. The van der Waals surface area contributed by atoms with Crippen molar-refractivity contribution >= 4 is 35.5 Å². The molecule has 156 valence electrons. The van der Waals surface area contributed by atoms with Crippen molar-refractivity contribution in [3.63, 3.8) is 0 Å². The van der Waals surface area contributed by atoms with Gasteiger partial charge >= 0.3 is 0 Å². The number of alkyl halides is 2. The number of benzene rings is 1. The van der Waals surface area contributed by atoms with E-state index in [0.717, 1.165) is 12.0 Å². The molecule has 1 aromatic carbocycles. The lowest BCUT2D eigenvalue weighted by atomic mass is 10.1. The molecule has 0 radical (unpaired) electrons. The van der Waals surface area contributed by atoms with Crippen LogP contribution in [0.4, 0.5) is 26.2 Å². The van der Waals surface area contributed by atoms with Crippen LogP contribution < -0.4 is 15.4 Å². The van der Waals surface area contributed by atoms with Crippen LogP contribution >= 0.6 is 11.6 Å². The number of ether oxygens (including phenoxy) is 2. The highest BCUT2D eigenvalue weighted by molar-refractivity contribution is 6.32. The molecule has 0 bridgehead atoms. The first-order chi connectivity index (χ1) is 14.0. The lowest BCUT2D eigenvalue weighted by Crippen LogP contribution is -2.37. The second-order valence-electron chi connectivity index (χ2n) is 6.21. The normalized spacial score (nSPS) is 16.6. The highest BCUT2D eigenvalue weighted by Crippen LogP contribution is 2.32. The Morgan fingerprint density at radius 1 is 1.48 bits per heavy atom. The molecule has 1 amide bonds. The number of nitrogens with one attached hydrogen (secondary N) is 2. The van der Waals surface area contributed by atoms with Crippen LogP contribution in [-0.4, -0.2) is 61.1 Å². The maximum atomic E-state index is 12.4. The van der Waals surface area contributed by atoms with Gasteiger partial charge in [-0.25, -0.2) is 13.8 Å². The van der Waals surface area contributed by atoms with Crippen molar-refractivity contribution in [3.05, 3.63) is 35.0 Å². The third-order valence-electron chi connectivity index (χ3n) is 4.26. The molecule has 2 N–H and O–H groups in total. The molecule has 2 heterocycles. The van der Waals surface area contributed by atoms with Crippen molar-refractivity contribution in [2.24, 2.45) is 0 Å². The third kappa shape index (κ3) is 5.42. The van der Waals surface area contributed by atoms with Crippen LogP contribution in [0.3, 0.4) is 0 Å². The molecule has 1 unspecified atom stereocenters. The van der Waals surface area contributed by atoms with Crippen molar-refractivity contribution in [3.8, 4) is 5.75 Å². The number of morpholine rings is 1. The van der Waals surface area contributed by atoms with Crippen molar-refractivity contribution in [1.29, 1.82) is 0 Å². The summed E-state index contributed by atoms with van der Waals surface area (Å²) >= 11 is 5.94. The first-order valence-electron chi connectivity index (χ1n) is 8.80. The van der Waals surface area contributed by atoms with Gasteiger partial charge in [-0.05, 0) is 17.7 Å². The Morgan fingerprint density at radius 3 is 3.03 bits per heavy atom. The molecular formula is C18H20ClF2N5O3. The molecule has 0 aliphatic carbocycles. The number of halogens is 3. The Morgan fingerprint density at radius 2 is 2.31 bits per heavy atom. The van der Waals surface area contributed by atoms with Gasteiger partial charge in [-0.15, -0.1) is 0 Å². The fraction of sp³-hybridized carbons (Fsp3) is 0.389. The Labute approximate surface area is 171 Å². The van der Waals surface area contributed by atoms with Gasteiger partial charge in [-0.1, -0.05) is 17.7 Å². The number of hydrogen-bond acceptors (Lipinski definition) is 7. The standard InChI is InChI=1S/C18H20ClF2N5O3/c1-28-14-6-11(15-9-26(10-27)4-5-29-15)2-3-13(14)24-18-23-7-12(19)17(25-18)22-8-16(20)21/h2-3,6-7,10,15-16H,4-5,8-9H2,1H3,(H2,22,23,24,25). The van der Waals surface area contributed by atoms with Gasteiger partial charge in [0, 0.05) is 6.54 Å². The summed E-state index contributed by atoms with van der Waals surface area (Å²) in [6.45, 7) is 0.900. The Balaban J connectivity index is 1.77. The van der Waals surface area contributed by atoms with E-state index in [-0.39, 0.29) is 22.9 Å². The highest BCUT2D eigenvalue weighted by Gasteiger charge is 2.22. The van der Waals surface area contributed by atoms with Crippen LogP contribution in [0.1, 0.15) is 11.7 Å². The van der Waals surface area contributed by atoms with E-state index in [2.05, 4.69) is 20.6 Å². The van der Waals surface area contributed by atoms with Crippen LogP contribution in [0.2, 0.25) is 5.02 Å². The molecule has 1 fully saturated rings. The second kappa shape index (κ2) is 9.66. The number of nitrogens with zero attached hydrogens (tertiary/aromatic N) is 3. The average molecular weight is 428 g/mol. The molecule has 29 heavy (non-hydrogen) atoms. The fourth-order valence-corrected chi connectivity index (χ4v) is 2.98. The summed E-state index contributed by atoms with van der Waals surface area (Å²) in [6, 6.07) is 5.41. The van der Waals surface area contributed by atoms with Gasteiger partial charge in [0.05, 0.1) is 38.7 Å². The SMILES string of the molecule is COc1cc(C2CN(C=O)CCO2)ccc1Nc1ncc(Cl)c(NCC(F)F)n1. The van der Waals surface area contributed by atoms with Gasteiger partial charge < -0.3 is 25.0 Å². The Hall–Kier alpha value is -2.72. The van der Waals surface area contributed by atoms with Crippen LogP contribution in [0.5, 0.6) is 5.75 Å². The van der Waals surface area contributed by atoms with E-state index in [4.69, 9.17) is 21.1 Å². The summed E-state index contributed by atoms with van der Waals surface area (Å²) in [5, 5.41) is 5.60. The summed E-state index contributed by atoms with van der Waals surface area (Å²) in [6.07, 6.45) is -0.675. The van der Waals surface area contributed by atoms with Gasteiger partial charge in [-0.3, -0.25) is 4.79 Å². The summed E-state index contributed by atoms with van der Waals surface area (Å²) < 4.78 is 36.0. The Bertz CT molecular complexity index is 858. The van der Waals surface area contributed by atoms with Crippen molar-refractivity contribution in [2.45, 2.75) is 12.5 Å². The molecule has 1 atom stereocenters. The van der Waals surface area contributed by atoms with E-state index in [9.17, 15) is 13.6 Å². The minimum absolute atomic E-state index is 0.101. The number of anilines is 3. The smallest absolute Gasteiger partial charge is 0.255 e. The van der Waals surface area contributed by atoms with Crippen molar-refractivity contribution in [1.82, 2.24) is 14.9 Å². The van der Waals surface area contributed by atoms with E-state index < -0.39 is 13.0 Å². The van der Waals surface area contributed by atoms with Crippen molar-refractivity contribution < 1.29 is 23.0 Å². The zero-order valence-corrected chi connectivity index (χ0v) is 16.3. The van der Waals surface area contributed by atoms with Gasteiger partial charge in [0.2, 0.25) is 12.4 Å². The minimum atomic E-state index is -2.54. The van der Waals surface area contributed by atoms with E-state index in [0.29, 0.717) is 31.1 Å². The third-order valence-corrected chi connectivity index (χ3v) is 4.54. The molecule has 0 spiro atoms. The lowest BCUT2D eigenvalue weighted by molar-refractivity contribution is -0.125. The quantitative estimate of drug-likeness (QED) is 0.626. The van der Waals surface area contributed by atoms with Crippen LogP contribution in [0.15, 0.2) is 24.4 Å². The van der Waals surface area contributed by atoms with Gasteiger partial charge in [0.25, 0.3) is 6.43 Å². The largest absolute Gasteiger partial charge is 0.495 e. The van der Waals surface area contributed by atoms with Crippen LogP contribution in [0, 0.1) is 0 Å². The maximum Gasteiger partial charge on any atom is 0.255 e. The first kappa shape index (κ1) is 21.0.